The first kappa shape index (κ1) is 24.8. The van der Waals surface area contributed by atoms with Crippen molar-refractivity contribution >= 4 is 11.8 Å². The molecule has 29 heavy (non-hydrogen) atoms. The van der Waals surface area contributed by atoms with Gasteiger partial charge in [-0.3, -0.25) is 0 Å². The largest absolute Gasteiger partial charge is 0.414 e. The molecule has 1 aromatic rings. The molecule has 0 saturated carbocycles. The van der Waals surface area contributed by atoms with Gasteiger partial charge in [0.05, 0.1) is 16.7 Å². The molecule has 1 aliphatic rings. The van der Waals surface area contributed by atoms with E-state index in [-0.39, 0.29) is 5.57 Å². The van der Waals surface area contributed by atoms with Crippen LogP contribution in [0.1, 0.15) is 45.6 Å². The molecular formula is C22H24F4N2S. The maximum atomic E-state index is 13.7. The van der Waals surface area contributed by atoms with Gasteiger partial charge in [0.25, 0.3) is 0 Å². The molecular weight excluding hydrogens is 400 g/mol. The topological polar surface area (TPSA) is 47.6 Å². The average Bonchev–Trinajstić information content (AvgIpc) is 3.07. The van der Waals surface area contributed by atoms with E-state index in [2.05, 4.69) is 37.4 Å². The van der Waals surface area contributed by atoms with Crippen molar-refractivity contribution in [3.63, 3.8) is 0 Å². The molecule has 156 valence electrons. The summed E-state index contributed by atoms with van der Waals surface area (Å²) in [6.07, 6.45) is 0.466. The Kier molecular flexibility index (Phi) is 8.98. The molecule has 2 nitrogen and oxygen atoms in total. The van der Waals surface area contributed by atoms with E-state index in [9.17, 15) is 17.6 Å². The van der Waals surface area contributed by atoms with Crippen LogP contribution in [-0.4, -0.2) is 18.1 Å². The van der Waals surface area contributed by atoms with Gasteiger partial charge in [-0.1, -0.05) is 25.5 Å². The lowest BCUT2D eigenvalue weighted by Gasteiger charge is -2.17. The molecule has 0 heterocycles. The van der Waals surface area contributed by atoms with Crippen molar-refractivity contribution in [1.82, 2.24) is 0 Å². The van der Waals surface area contributed by atoms with Crippen LogP contribution in [0.3, 0.4) is 0 Å². The first-order valence-electron chi connectivity index (χ1n) is 9.15. The van der Waals surface area contributed by atoms with Crippen molar-refractivity contribution in [3.05, 3.63) is 52.1 Å². The van der Waals surface area contributed by atoms with Crippen LogP contribution in [-0.2, 0) is 6.42 Å². The number of benzene rings is 1. The summed E-state index contributed by atoms with van der Waals surface area (Å²) in [6.45, 7) is 4.36. The number of thioether (sulfide) groups is 1. The normalized spacial score (nSPS) is 14.3. The zero-order valence-electron chi connectivity index (χ0n) is 17.0. The summed E-state index contributed by atoms with van der Waals surface area (Å²) in [7, 11) is 0. The summed E-state index contributed by atoms with van der Waals surface area (Å²) in [4.78, 5) is 1.36. The second-order valence-corrected chi connectivity index (χ2v) is 7.91. The zero-order chi connectivity index (χ0) is 22.2. The van der Waals surface area contributed by atoms with Gasteiger partial charge in [-0.2, -0.15) is 23.7 Å². The van der Waals surface area contributed by atoms with E-state index < -0.39 is 35.0 Å². The van der Waals surface area contributed by atoms with Gasteiger partial charge in [-0.15, -0.1) is 11.8 Å². The fourth-order valence-corrected chi connectivity index (χ4v) is 3.23. The summed E-state index contributed by atoms with van der Waals surface area (Å²) < 4.78 is 51.5. The Hall–Kier alpha value is -2.25. The lowest BCUT2D eigenvalue weighted by Crippen LogP contribution is -2.18. The van der Waals surface area contributed by atoms with Crippen LogP contribution in [0.5, 0.6) is 0 Å². The van der Waals surface area contributed by atoms with Crippen molar-refractivity contribution in [1.29, 1.82) is 10.5 Å². The smallest absolute Gasteiger partial charge is 0.240 e. The number of allylic oxidation sites excluding steroid dienone is 4. The van der Waals surface area contributed by atoms with Crippen molar-refractivity contribution in [3.8, 4) is 12.1 Å². The zero-order valence-corrected chi connectivity index (χ0v) is 17.8. The number of hydrogen-bond donors (Lipinski definition) is 0. The van der Waals surface area contributed by atoms with Gasteiger partial charge in [-0.05, 0) is 56.2 Å². The van der Waals surface area contributed by atoms with E-state index in [4.69, 9.17) is 10.5 Å². The molecule has 1 aromatic carbocycles. The van der Waals surface area contributed by atoms with E-state index in [1.165, 1.54) is 41.9 Å². The monoisotopic (exact) mass is 424 g/mol. The van der Waals surface area contributed by atoms with Gasteiger partial charge in [0.15, 0.2) is 0 Å². The van der Waals surface area contributed by atoms with Gasteiger partial charge >= 0.3 is 6.18 Å². The summed E-state index contributed by atoms with van der Waals surface area (Å²) in [5.74, 6) is 0. The van der Waals surface area contributed by atoms with Crippen molar-refractivity contribution in [2.45, 2.75) is 63.2 Å². The average molecular weight is 425 g/mol. The highest BCUT2D eigenvalue weighted by Gasteiger charge is 2.45. The van der Waals surface area contributed by atoms with Gasteiger partial charge in [0.1, 0.15) is 17.8 Å². The summed E-state index contributed by atoms with van der Waals surface area (Å²) in [6, 6.07) is 11.7. The molecule has 0 fully saturated rings. The van der Waals surface area contributed by atoms with Gasteiger partial charge in [0, 0.05) is 11.3 Å². The van der Waals surface area contributed by atoms with Crippen LogP contribution in [0, 0.1) is 22.7 Å². The molecule has 0 bridgehead atoms. The second-order valence-electron chi connectivity index (χ2n) is 7.03. The first-order chi connectivity index (χ1) is 13.5. The molecule has 0 aliphatic heterocycles. The highest BCUT2D eigenvalue weighted by molar-refractivity contribution is 7.98. The summed E-state index contributed by atoms with van der Waals surface area (Å²) in [5, 5.41) is 17.4. The van der Waals surface area contributed by atoms with Crippen LogP contribution < -0.4 is 0 Å². The Balaban J connectivity index is 0.000000308. The Morgan fingerprint density at radius 2 is 1.48 bits per heavy atom. The van der Waals surface area contributed by atoms with E-state index in [0.717, 1.165) is 13.8 Å². The van der Waals surface area contributed by atoms with Crippen LogP contribution in [0.2, 0.25) is 0 Å². The van der Waals surface area contributed by atoms with E-state index in [1.807, 2.05) is 0 Å². The maximum absolute atomic E-state index is 13.7. The number of hydrogen-bond acceptors (Lipinski definition) is 3. The Morgan fingerprint density at radius 3 is 1.86 bits per heavy atom. The minimum absolute atomic E-state index is 0.288. The van der Waals surface area contributed by atoms with E-state index in [0.29, 0.717) is 0 Å². The number of nitriles is 2. The highest BCUT2D eigenvalue weighted by Crippen LogP contribution is 2.45. The van der Waals surface area contributed by atoms with E-state index in [1.54, 1.807) is 11.8 Å². The number of aryl methyl sites for hydroxylation is 1. The standard InChI is InChI=1S/C11H8F4N2.C11H16S/c1-10(2,12)8-3-9(11(13,14)15)7(5-17)6(8)4-16;1-3-4-5-10-6-8-11(12-2)9-7-10/h3H2,1-2H3;6-9H,3-5H2,1-2H3. The Labute approximate surface area is 173 Å². The molecule has 0 amide bonds. The number of nitrogens with zero attached hydrogens (tertiary/aromatic N) is 2. The molecule has 0 aromatic heterocycles. The fourth-order valence-electron chi connectivity index (χ4n) is 2.82. The quantitative estimate of drug-likeness (QED) is 0.374. The van der Waals surface area contributed by atoms with E-state index >= 15 is 0 Å². The molecule has 1 aliphatic carbocycles. The fraction of sp³-hybridized carbons (Fsp3) is 0.455. The van der Waals surface area contributed by atoms with Gasteiger partial charge in [0.2, 0.25) is 0 Å². The molecule has 0 N–H and O–H groups in total. The van der Waals surface area contributed by atoms with Crippen molar-refractivity contribution in [2.75, 3.05) is 6.26 Å². The highest BCUT2D eigenvalue weighted by atomic mass is 32.2. The number of alkyl halides is 4. The second kappa shape index (κ2) is 10.5. The van der Waals surface area contributed by atoms with Crippen molar-refractivity contribution < 1.29 is 17.6 Å². The molecule has 0 unspecified atom stereocenters. The minimum atomic E-state index is -4.72. The first-order valence-corrected chi connectivity index (χ1v) is 10.4. The third-order valence-electron chi connectivity index (χ3n) is 4.47. The Bertz CT molecular complexity index is 799. The maximum Gasteiger partial charge on any atom is 0.414 e. The van der Waals surface area contributed by atoms with Crippen LogP contribution >= 0.6 is 11.8 Å². The van der Waals surface area contributed by atoms with Crippen LogP contribution in [0.25, 0.3) is 0 Å². The molecule has 0 saturated heterocycles. The molecule has 0 radical (unpaired) electrons. The predicted molar refractivity (Wildman–Crippen MR) is 108 cm³/mol. The number of unbranched alkanes of at least 4 members (excludes halogenated alkanes) is 1. The summed E-state index contributed by atoms with van der Waals surface area (Å²) >= 11 is 1.80. The van der Waals surface area contributed by atoms with Crippen molar-refractivity contribution in [2.24, 2.45) is 0 Å². The Morgan fingerprint density at radius 1 is 0.966 bits per heavy atom. The number of rotatable bonds is 5. The molecule has 2 rings (SSSR count). The van der Waals surface area contributed by atoms with Crippen LogP contribution in [0.15, 0.2) is 51.5 Å². The minimum Gasteiger partial charge on any atom is -0.240 e. The number of halogens is 4. The summed E-state index contributed by atoms with van der Waals surface area (Å²) in [5.41, 5.74) is -3.27. The SMILES string of the molecule is CC(C)(F)C1=C(C#N)C(C#N)=C(C(F)(F)F)C1.CCCCc1ccc(SC)cc1. The molecule has 0 atom stereocenters. The molecule has 7 heteroatoms. The lowest BCUT2D eigenvalue weighted by molar-refractivity contribution is -0.0933. The third-order valence-corrected chi connectivity index (χ3v) is 5.21. The lowest BCUT2D eigenvalue weighted by atomic mass is 9.94. The molecule has 0 spiro atoms. The third kappa shape index (κ3) is 6.94. The van der Waals surface area contributed by atoms with Crippen LogP contribution in [0.4, 0.5) is 17.6 Å². The van der Waals surface area contributed by atoms with Gasteiger partial charge < -0.3 is 0 Å². The van der Waals surface area contributed by atoms with Gasteiger partial charge in [-0.25, -0.2) is 4.39 Å². The predicted octanol–water partition coefficient (Wildman–Crippen LogP) is 7.09.